The van der Waals surface area contributed by atoms with Gasteiger partial charge >= 0.3 is 0 Å². The van der Waals surface area contributed by atoms with Crippen LogP contribution in [-0.4, -0.2) is 81.9 Å². The summed E-state index contributed by atoms with van der Waals surface area (Å²) in [5.41, 5.74) is 1.73. The van der Waals surface area contributed by atoms with Gasteiger partial charge in [0, 0.05) is 51.0 Å². The summed E-state index contributed by atoms with van der Waals surface area (Å²) >= 11 is 0. The molecular weight excluding hydrogens is 684 g/mol. The first-order chi connectivity index (χ1) is 26.0. The lowest BCUT2D eigenvalue weighted by Crippen LogP contribution is -2.54. The molecule has 4 saturated carbocycles. The number of aliphatic hydroxyl groups is 1. The molecule has 54 heavy (non-hydrogen) atoms. The lowest BCUT2D eigenvalue weighted by Gasteiger charge is -2.60. The molecule has 1 aromatic heterocycles. The second-order valence-electron chi connectivity index (χ2n) is 17.7. The van der Waals surface area contributed by atoms with Gasteiger partial charge in [-0.2, -0.15) is 5.10 Å². The summed E-state index contributed by atoms with van der Waals surface area (Å²) in [6, 6.07) is 11.7. The van der Waals surface area contributed by atoms with E-state index in [-0.39, 0.29) is 34.5 Å². The number of hydrogen-bond donors (Lipinski definition) is 2. The Bertz CT molecular complexity index is 1930. The number of hydrogen-bond acceptors (Lipinski definition) is 6. The van der Waals surface area contributed by atoms with Crippen LogP contribution in [0.2, 0.25) is 0 Å². The van der Waals surface area contributed by atoms with Gasteiger partial charge in [-0.15, -0.1) is 0 Å². The number of benzene rings is 2. The van der Waals surface area contributed by atoms with Crippen LogP contribution in [0, 0.1) is 40.3 Å². The highest BCUT2D eigenvalue weighted by molar-refractivity contribution is 5.95. The highest BCUT2D eigenvalue weighted by Gasteiger charge is 2.60. The van der Waals surface area contributed by atoms with Crippen molar-refractivity contribution in [1.29, 1.82) is 0 Å². The van der Waals surface area contributed by atoms with Gasteiger partial charge in [0.05, 0.1) is 28.9 Å². The minimum Gasteiger partial charge on any atom is -0.393 e. The van der Waals surface area contributed by atoms with E-state index in [2.05, 4.69) is 24.0 Å². The second-order valence-corrected chi connectivity index (χ2v) is 17.7. The standard InChI is InChI=1S/C44H57FN4O5/c1-43-18-16-30(50)27-29(43)11-12-33-35-13-15-39(44(35,2)19-17-36(33)43)54-24-6-5-9-40(51)48-20-22-49(23-21-48)42(53)34-25-28(10-14-37(34)45)26-38-31-7-3-4-8-32(31)41(52)47-46-38/h3-4,7-8,10,14,25,29-30,33,35-36,39,50H,5-6,9,11-13,15-24,26-27H2,1-2H3,(H,47,52)/t29-,30?,33-,35-,36-,39-,43-,44-/m1/s1. The first-order valence-corrected chi connectivity index (χ1v) is 20.7. The van der Waals surface area contributed by atoms with E-state index in [1.54, 1.807) is 29.2 Å². The number of amides is 2. The minimum absolute atomic E-state index is 0.00288. The lowest BCUT2D eigenvalue weighted by molar-refractivity contribution is -0.141. The summed E-state index contributed by atoms with van der Waals surface area (Å²) in [4.78, 5) is 42.3. The number of aromatic amines is 1. The highest BCUT2D eigenvalue weighted by atomic mass is 19.1. The molecule has 1 saturated heterocycles. The number of unbranched alkanes of at least 4 members (excludes halogenated alkanes) is 1. The number of H-pyrrole nitrogens is 1. The number of aromatic nitrogens is 2. The van der Waals surface area contributed by atoms with Crippen LogP contribution in [0.15, 0.2) is 47.3 Å². The summed E-state index contributed by atoms with van der Waals surface area (Å²) in [5.74, 6) is 2.13. The Morgan fingerprint density at radius 2 is 1.65 bits per heavy atom. The fourth-order valence-electron chi connectivity index (χ4n) is 11.9. The summed E-state index contributed by atoms with van der Waals surface area (Å²) < 4.78 is 21.6. The van der Waals surface area contributed by atoms with Gasteiger partial charge in [0.1, 0.15) is 5.82 Å². The fourth-order valence-corrected chi connectivity index (χ4v) is 11.9. The molecule has 1 unspecified atom stereocenters. The van der Waals surface area contributed by atoms with E-state index >= 15 is 0 Å². The molecule has 9 nitrogen and oxygen atoms in total. The van der Waals surface area contributed by atoms with Gasteiger partial charge in [-0.1, -0.05) is 38.1 Å². The molecule has 4 aliphatic carbocycles. The number of fused-ring (bicyclic) bond motifs is 6. The van der Waals surface area contributed by atoms with Gasteiger partial charge in [-0.3, -0.25) is 14.4 Å². The van der Waals surface area contributed by atoms with Gasteiger partial charge in [0.25, 0.3) is 11.5 Å². The van der Waals surface area contributed by atoms with Crippen molar-refractivity contribution >= 4 is 22.6 Å². The molecule has 2 heterocycles. The number of halogens is 1. The number of rotatable bonds is 9. The third kappa shape index (κ3) is 6.91. The molecule has 8 atom stereocenters. The van der Waals surface area contributed by atoms with Gasteiger partial charge < -0.3 is 19.6 Å². The average Bonchev–Trinajstić information content (AvgIpc) is 3.52. The van der Waals surface area contributed by atoms with E-state index in [1.165, 1.54) is 44.6 Å². The first-order valence-electron chi connectivity index (χ1n) is 20.7. The molecule has 5 fully saturated rings. The molecule has 8 rings (SSSR count). The summed E-state index contributed by atoms with van der Waals surface area (Å²) in [6.07, 6.45) is 13.3. The average molecular weight is 741 g/mol. The van der Waals surface area contributed by atoms with Crippen molar-refractivity contribution in [2.75, 3.05) is 32.8 Å². The van der Waals surface area contributed by atoms with E-state index in [0.29, 0.717) is 74.1 Å². The first kappa shape index (κ1) is 37.3. The maximum atomic E-state index is 15.0. The molecule has 290 valence electrons. The Morgan fingerprint density at radius 1 is 0.907 bits per heavy atom. The quantitative estimate of drug-likeness (QED) is 0.231. The predicted molar refractivity (Wildman–Crippen MR) is 205 cm³/mol. The molecule has 10 heteroatoms. The number of nitrogens with zero attached hydrogens (tertiary/aromatic N) is 3. The number of aliphatic hydroxyl groups excluding tert-OH is 1. The number of ether oxygens (including phenoxy) is 1. The summed E-state index contributed by atoms with van der Waals surface area (Å²) in [5, 5.41) is 18.4. The third-order valence-corrected chi connectivity index (χ3v) is 15.0. The van der Waals surface area contributed by atoms with Crippen LogP contribution in [0.3, 0.4) is 0 Å². The van der Waals surface area contributed by atoms with Crippen LogP contribution in [0.5, 0.6) is 0 Å². The predicted octanol–water partition coefficient (Wildman–Crippen LogP) is 6.90. The van der Waals surface area contributed by atoms with Crippen molar-refractivity contribution < 1.29 is 23.8 Å². The van der Waals surface area contributed by atoms with Gasteiger partial charge in [0.15, 0.2) is 0 Å². The van der Waals surface area contributed by atoms with Gasteiger partial charge in [0.2, 0.25) is 5.91 Å². The lowest BCUT2D eigenvalue weighted by atomic mass is 9.45. The van der Waals surface area contributed by atoms with Gasteiger partial charge in [-0.25, -0.2) is 9.49 Å². The fraction of sp³-hybridized carbons (Fsp3) is 0.636. The van der Waals surface area contributed by atoms with E-state index in [9.17, 15) is 23.9 Å². The molecule has 2 aromatic carbocycles. The van der Waals surface area contributed by atoms with Crippen LogP contribution in [0.25, 0.3) is 10.8 Å². The largest absolute Gasteiger partial charge is 0.393 e. The molecular formula is C44H57FN4O5. The topological polar surface area (TPSA) is 116 Å². The van der Waals surface area contributed by atoms with Crippen LogP contribution >= 0.6 is 0 Å². The van der Waals surface area contributed by atoms with Crippen molar-refractivity contribution in [3.8, 4) is 0 Å². The van der Waals surface area contributed by atoms with Crippen molar-refractivity contribution in [2.45, 2.75) is 110 Å². The zero-order chi connectivity index (χ0) is 37.6. The minimum atomic E-state index is -0.582. The van der Waals surface area contributed by atoms with Gasteiger partial charge in [-0.05, 0) is 129 Å². The van der Waals surface area contributed by atoms with E-state index in [4.69, 9.17) is 4.74 Å². The molecule has 0 bridgehead atoms. The molecule has 0 radical (unpaired) electrons. The van der Waals surface area contributed by atoms with Crippen LogP contribution in [-0.2, 0) is 16.0 Å². The Balaban J connectivity index is 0.781. The van der Waals surface area contributed by atoms with Crippen LogP contribution in [0.1, 0.15) is 113 Å². The van der Waals surface area contributed by atoms with Crippen molar-refractivity contribution in [3.05, 3.63) is 75.5 Å². The molecule has 2 N–H and O–H groups in total. The Morgan fingerprint density at radius 3 is 2.46 bits per heavy atom. The normalized spacial score (nSPS) is 32.2. The maximum Gasteiger partial charge on any atom is 0.272 e. The molecule has 3 aromatic rings. The van der Waals surface area contributed by atoms with E-state index in [0.717, 1.165) is 60.8 Å². The zero-order valence-electron chi connectivity index (χ0n) is 32.0. The van der Waals surface area contributed by atoms with Crippen LogP contribution < -0.4 is 5.56 Å². The summed E-state index contributed by atoms with van der Waals surface area (Å²) in [6.45, 7) is 7.31. The monoisotopic (exact) mass is 740 g/mol. The van der Waals surface area contributed by atoms with E-state index < -0.39 is 5.82 Å². The molecule has 1 aliphatic heterocycles. The highest BCUT2D eigenvalue weighted by Crippen LogP contribution is 2.66. The van der Waals surface area contributed by atoms with E-state index in [1.807, 2.05) is 17.0 Å². The Hall–Kier alpha value is -3.63. The number of nitrogens with one attached hydrogen (secondary N) is 1. The maximum absolute atomic E-state index is 15.0. The molecule has 0 spiro atoms. The van der Waals surface area contributed by atoms with Crippen molar-refractivity contribution in [1.82, 2.24) is 20.0 Å². The zero-order valence-corrected chi connectivity index (χ0v) is 32.0. The van der Waals surface area contributed by atoms with Crippen molar-refractivity contribution in [2.24, 2.45) is 34.5 Å². The molecule has 5 aliphatic rings. The Kier molecular flexibility index (Phi) is 10.5. The number of piperazine rings is 1. The Labute approximate surface area is 318 Å². The second kappa shape index (κ2) is 15.1. The van der Waals surface area contributed by atoms with Crippen molar-refractivity contribution in [3.63, 3.8) is 0 Å². The summed E-state index contributed by atoms with van der Waals surface area (Å²) in [7, 11) is 0. The SMILES string of the molecule is C[C@@]12CCC(O)C[C@H]1CC[C@H]1[C@H]2CC[C@]2(C)[C@@H]1CC[C@H]2OCCCCC(=O)N1CCN(C(=O)c2cc(Cc3n[nH]c(=O)c4ccccc34)ccc2F)CC1. The van der Waals surface area contributed by atoms with Crippen LogP contribution in [0.4, 0.5) is 4.39 Å². The third-order valence-electron chi connectivity index (χ3n) is 15.0. The smallest absolute Gasteiger partial charge is 0.272 e. The number of carbonyl (C=O) groups is 2. The number of carbonyl (C=O) groups excluding carboxylic acids is 2. The molecule has 2 amide bonds.